The van der Waals surface area contributed by atoms with E-state index in [4.69, 9.17) is 4.42 Å². The Morgan fingerprint density at radius 3 is 1.74 bits per heavy atom. The van der Waals surface area contributed by atoms with Crippen molar-refractivity contribution in [2.75, 3.05) is 4.90 Å². The summed E-state index contributed by atoms with van der Waals surface area (Å²) in [6, 6.07) is 72.7. The molecule has 2 nitrogen and oxygen atoms in total. The van der Waals surface area contributed by atoms with Crippen molar-refractivity contribution in [2.45, 2.75) is 19.3 Å². The highest BCUT2D eigenvalue weighted by Crippen LogP contribution is 2.50. The van der Waals surface area contributed by atoms with Gasteiger partial charge in [0, 0.05) is 33.2 Å². The SMILES string of the molecule is CC1(C)c2ccccc2-c2ccc(-c3ccc(N(c4ccc(-c5ccc6oc7ccccc7c6c5)cc4)c4cccc(-c5cccc6ccccc56)c4)cc3)cc21. The van der Waals surface area contributed by atoms with E-state index in [9.17, 15) is 0 Å². The number of benzene rings is 9. The van der Waals surface area contributed by atoms with Gasteiger partial charge < -0.3 is 9.32 Å². The van der Waals surface area contributed by atoms with Crippen LogP contribution in [0, 0.1) is 0 Å². The summed E-state index contributed by atoms with van der Waals surface area (Å²) >= 11 is 0. The fourth-order valence-corrected chi connectivity index (χ4v) is 9.13. The summed E-state index contributed by atoms with van der Waals surface area (Å²) in [4.78, 5) is 2.37. The van der Waals surface area contributed by atoms with E-state index in [0.717, 1.165) is 50.1 Å². The number of nitrogens with zero attached hydrogens (tertiary/aromatic N) is 1. The normalized spacial score (nSPS) is 12.9. The van der Waals surface area contributed by atoms with Gasteiger partial charge in [-0.3, -0.25) is 0 Å². The highest BCUT2D eigenvalue weighted by Gasteiger charge is 2.35. The lowest BCUT2D eigenvalue weighted by Crippen LogP contribution is -2.14. The van der Waals surface area contributed by atoms with Crippen LogP contribution in [0.15, 0.2) is 205 Å². The van der Waals surface area contributed by atoms with Crippen molar-refractivity contribution in [2.24, 2.45) is 0 Å². The van der Waals surface area contributed by atoms with Crippen LogP contribution in [0.25, 0.3) is 77.2 Å². The number of para-hydroxylation sites is 1. The summed E-state index contributed by atoms with van der Waals surface area (Å²) in [7, 11) is 0. The molecule has 11 rings (SSSR count). The van der Waals surface area contributed by atoms with Crippen LogP contribution in [-0.4, -0.2) is 0 Å². The third kappa shape index (κ3) is 5.48. The molecule has 2 heteroatoms. The minimum absolute atomic E-state index is 0.0437. The maximum Gasteiger partial charge on any atom is 0.135 e. The molecule has 0 unspecified atom stereocenters. The van der Waals surface area contributed by atoms with Gasteiger partial charge in [0.05, 0.1) is 0 Å². The summed E-state index contributed by atoms with van der Waals surface area (Å²) in [6.45, 7) is 4.69. The Balaban J connectivity index is 0.994. The number of hydrogen-bond donors (Lipinski definition) is 0. The number of hydrogen-bond acceptors (Lipinski definition) is 2. The number of furan rings is 1. The molecule has 0 atom stereocenters. The zero-order valence-corrected chi connectivity index (χ0v) is 31.9. The molecule has 57 heavy (non-hydrogen) atoms. The first-order chi connectivity index (χ1) is 28.0. The minimum atomic E-state index is -0.0437. The van der Waals surface area contributed by atoms with Crippen molar-refractivity contribution < 1.29 is 4.42 Å². The monoisotopic (exact) mass is 729 g/mol. The number of anilines is 3. The molecule has 1 aliphatic carbocycles. The lowest BCUT2D eigenvalue weighted by Gasteiger charge is -2.27. The fourth-order valence-electron chi connectivity index (χ4n) is 9.13. The predicted molar refractivity (Wildman–Crippen MR) is 240 cm³/mol. The van der Waals surface area contributed by atoms with Crippen LogP contribution in [-0.2, 0) is 5.41 Å². The highest BCUT2D eigenvalue weighted by molar-refractivity contribution is 6.06. The molecule has 0 saturated carbocycles. The molecular formula is C55H39NO. The molecule has 9 aromatic carbocycles. The van der Waals surface area contributed by atoms with Crippen LogP contribution >= 0.6 is 0 Å². The number of fused-ring (bicyclic) bond motifs is 7. The average Bonchev–Trinajstić information content (AvgIpc) is 3.75. The van der Waals surface area contributed by atoms with Crippen LogP contribution in [0.4, 0.5) is 17.1 Å². The van der Waals surface area contributed by atoms with Crippen molar-refractivity contribution in [3.8, 4) is 44.5 Å². The average molecular weight is 730 g/mol. The van der Waals surface area contributed by atoms with Crippen molar-refractivity contribution >= 4 is 49.8 Å². The van der Waals surface area contributed by atoms with Gasteiger partial charge in [0.1, 0.15) is 11.2 Å². The van der Waals surface area contributed by atoms with Gasteiger partial charge in [0.25, 0.3) is 0 Å². The molecule has 0 radical (unpaired) electrons. The summed E-state index contributed by atoms with van der Waals surface area (Å²) in [5, 5.41) is 4.76. The zero-order chi connectivity index (χ0) is 38.1. The molecule has 0 bridgehead atoms. The second-order valence-electron chi connectivity index (χ2n) is 15.7. The van der Waals surface area contributed by atoms with Crippen LogP contribution < -0.4 is 4.90 Å². The Morgan fingerprint density at radius 1 is 0.351 bits per heavy atom. The lowest BCUT2D eigenvalue weighted by atomic mass is 9.81. The molecular weight excluding hydrogens is 691 g/mol. The number of rotatable bonds is 6. The summed E-state index contributed by atoms with van der Waals surface area (Å²) in [6.07, 6.45) is 0. The quantitative estimate of drug-likeness (QED) is 0.169. The third-order valence-electron chi connectivity index (χ3n) is 12.1. The van der Waals surface area contributed by atoms with Crippen molar-refractivity contribution in [1.29, 1.82) is 0 Å². The van der Waals surface area contributed by atoms with Crippen molar-refractivity contribution in [3.05, 3.63) is 211 Å². The maximum absolute atomic E-state index is 6.13. The minimum Gasteiger partial charge on any atom is -0.456 e. The first-order valence-corrected chi connectivity index (χ1v) is 19.7. The predicted octanol–water partition coefficient (Wildman–Crippen LogP) is 15.5. The Hall–Kier alpha value is -7.16. The summed E-state index contributed by atoms with van der Waals surface area (Å²) in [5.74, 6) is 0. The highest BCUT2D eigenvalue weighted by atomic mass is 16.3. The zero-order valence-electron chi connectivity index (χ0n) is 31.9. The van der Waals surface area contributed by atoms with E-state index in [1.54, 1.807) is 0 Å². The molecule has 0 fully saturated rings. The molecule has 0 N–H and O–H groups in total. The van der Waals surface area contributed by atoms with Gasteiger partial charge in [-0.05, 0) is 127 Å². The molecule has 0 aliphatic heterocycles. The van der Waals surface area contributed by atoms with Crippen LogP contribution in [0.5, 0.6) is 0 Å². The molecule has 270 valence electrons. The van der Waals surface area contributed by atoms with Gasteiger partial charge in [0.2, 0.25) is 0 Å². The standard InChI is InChI=1S/C55H39NO/c1-55(2)51-19-7-5-16-47(51)48-31-25-40(35-52(48)55)37-23-29-43(30-24-37)56(44-14-9-13-41(33-44)46-18-10-12-38-11-3-4-15-45(38)46)42-27-21-36(22-28-42)39-26-32-54-50(34-39)49-17-6-8-20-53(49)57-54/h3-35H,1-2H3. The van der Waals surface area contributed by atoms with Crippen LogP contribution in [0.2, 0.25) is 0 Å². The largest absolute Gasteiger partial charge is 0.456 e. The van der Waals surface area contributed by atoms with Crippen molar-refractivity contribution in [3.63, 3.8) is 0 Å². The Bertz CT molecular complexity index is 3140. The van der Waals surface area contributed by atoms with E-state index in [1.807, 2.05) is 12.1 Å². The maximum atomic E-state index is 6.13. The van der Waals surface area contributed by atoms with Gasteiger partial charge in [-0.1, -0.05) is 153 Å². The van der Waals surface area contributed by atoms with Gasteiger partial charge >= 0.3 is 0 Å². The lowest BCUT2D eigenvalue weighted by molar-refractivity contribution is 0.660. The topological polar surface area (TPSA) is 16.4 Å². The molecule has 10 aromatic rings. The first kappa shape index (κ1) is 33.2. The molecule has 1 heterocycles. The van der Waals surface area contributed by atoms with Gasteiger partial charge in [0.15, 0.2) is 0 Å². The smallest absolute Gasteiger partial charge is 0.135 e. The van der Waals surface area contributed by atoms with E-state index >= 15 is 0 Å². The first-order valence-electron chi connectivity index (χ1n) is 19.7. The van der Waals surface area contributed by atoms with Gasteiger partial charge in [-0.2, -0.15) is 0 Å². The van der Waals surface area contributed by atoms with Gasteiger partial charge in [-0.25, -0.2) is 0 Å². The summed E-state index contributed by atoms with van der Waals surface area (Å²) < 4.78 is 6.13. The van der Waals surface area contributed by atoms with E-state index in [0.29, 0.717) is 0 Å². The van der Waals surface area contributed by atoms with Crippen molar-refractivity contribution in [1.82, 2.24) is 0 Å². The molecule has 0 amide bonds. The van der Waals surface area contributed by atoms with E-state index < -0.39 is 0 Å². The van der Waals surface area contributed by atoms with E-state index in [-0.39, 0.29) is 5.41 Å². The van der Waals surface area contributed by atoms with E-state index in [1.165, 1.54) is 55.3 Å². The molecule has 1 aromatic heterocycles. The second-order valence-corrected chi connectivity index (χ2v) is 15.7. The molecule has 0 saturated heterocycles. The Kier molecular flexibility index (Phi) is 7.55. The fraction of sp³-hybridized carbons (Fsp3) is 0.0545. The second kappa shape index (κ2) is 13.0. The Labute approximate surface area is 332 Å². The van der Waals surface area contributed by atoms with Crippen LogP contribution in [0.3, 0.4) is 0 Å². The Morgan fingerprint density at radius 2 is 0.930 bits per heavy atom. The van der Waals surface area contributed by atoms with Gasteiger partial charge in [-0.15, -0.1) is 0 Å². The third-order valence-corrected chi connectivity index (χ3v) is 12.1. The molecule has 0 spiro atoms. The van der Waals surface area contributed by atoms with E-state index in [2.05, 4.69) is 207 Å². The van der Waals surface area contributed by atoms with Crippen LogP contribution in [0.1, 0.15) is 25.0 Å². The molecule has 1 aliphatic rings. The summed E-state index contributed by atoms with van der Waals surface area (Å²) in [5.41, 5.74) is 17.7.